The van der Waals surface area contributed by atoms with Crippen molar-refractivity contribution < 1.29 is 0 Å². The van der Waals surface area contributed by atoms with Crippen molar-refractivity contribution in [1.29, 1.82) is 0 Å². The van der Waals surface area contributed by atoms with E-state index in [1.165, 1.54) is 30.6 Å². The molecule has 1 saturated heterocycles. The fraction of sp³-hybridized carbons (Fsp3) is 0.800. The Bertz CT molecular complexity index is 164. The van der Waals surface area contributed by atoms with Crippen LogP contribution in [0, 0.1) is 0 Å². The lowest BCUT2D eigenvalue weighted by atomic mass is 10.2. The van der Waals surface area contributed by atoms with Crippen LogP contribution in [0.1, 0.15) is 26.2 Å². The molecule has 0 aromatic carbocycles. The lowest BCUT2D eigenvalue weighted by molar-refractivity contribution is 0.614. The van der Waals surface area contributed by atoms with Crippen LogP contribution in [0.5, 0.6) is 0 Å². The van der Waals surface area contributed by atoms with E-state index in [9.17, 15) is 0 Å². The smallest absolute Gasteiger partial charge is 0.0174 e. The predicted molar refractivity (Wildman–Crippen MR) is 62.6 cm³/mol. The third kappa shape index (κ3) is 4.94. The van der Waals surface area contributed by atoms with Crippen LogP contribution < -0.4 is 5.32 Å². The number of nitrogens with one attached hydrogen (secondary N) is 1. The Morgan fingerprint density at radius 2 is 2.46 bits per heavy atom. The van der Waals surface area contributed by atoms with E-state index >= 15 is 0 Å². The summed E-state index contributed by atoms with van der Waals surface area (Å²) in [5, 5.41) is 4.26. The maximum Gasteiger partial charge on any atom is 0.0174 e. The van der Waals surface area contributed by atoms with Gasteiger partial charge in [0, 0.05) is 23.9 Å². The summed E-state index contributed by atoms with van der Waals surface area (Å²) in [7, 11) is 0. The summed E-state index contributed by atoms with van der Waals surface area (Å²) in [6.07, 6.45) is 4.19. The van der Waals surface area contributed by atoms with E-state index in [0.29, 0.717) is 0 Å². The zero-order valence-corrected chi connectivity index (χ0v) is 9.76. The van der Waals surface area contributed by atoms with Gasteiger partial charge in [-0.15, -0.1) is 0 Å². The Hall–Kier alpha value is 0.340. The van der Waals surface area contributed by atoms with Gasteiger partial charge in [0.2, 0.25) is 0 Å². The van der Waals surface area contributed by atoms with Crippen LogP contribution in [-0.2, 0) is 0 Å². The molecule has 1 aliphatic rings. The molecule has 1 aliphatic heterocycles. The van der Waals surface area contributed by atoms with Gasteiger partial charge in [0.15, 0.2) is 0 Å². The molecule has 3 heteroatoms. The highest BCUT2D eigenvalue weighted by molar-refractivity contribution is 7.99. The van der Waals surface area contributed by atoms with E-state index in [1.807, 2.05) is 6.92 Å². The highest BCUT2D eigenvalue weighted by atomic mass is 35.5. The molecule has 0 aromatic rings. The summed E-state index contributed by atoms with van der Waals surface area (Å²) in [5.41, 5.74) is 2.86. The van der Waals surface area contributed by atoms with Gasteiger partial charge >= 0.3 is 0 Å². The van der Waals surface area contributed by atoms with Crippen molar-refractivity contribution in [3.05, 3.63) is 11.1 Å². The van der Waals surface area contributed by atoms with Gasteiger partial charge in [-0.3, -0.25) is 0 Å². The molecule has 0 bridgehead atoms. The molecule has 1 heterocycles. The van der Waals surface area contributed by atoms with Gasteiger partial charge in [0.1, 0.15) is 0 Å². The van der Waals surface area contributed by atoms with Gasteiger partial charge in [-0.05, 0) is 31.1 Å². The van der Waals surface area contributed by atoms with Crippen molar-refractivity contribution >= 4 is 23.4 Å². The van der Waals surface area contributed by atoms with Gasteiger partial charge in [-0.1, -0.05) is 18.0 Å². The molecule has 0 saturated carbocycles. The summed E-state index contributed by atoms with van der Waals surface area (Å²) >= 11 is 7.67. The molecule has 1 unspecified atom stereocenters. The van der Waals surface area contributed by atoms with Crippen LogP contribution in [0.15, 0.2) is 11.1 Å². The van der Waals surface area contributed by atoms with Gasteiger partial charge < -0.3 is 5.32 Å². The second-order valence-electron chi connectivity index (χ2n) is 3.57. The summed E-state index contributed by atoms with van der Waals surface area (Å²) in [6.45, 7) is 4.11. The highest BCUT2D eigenvalue weighted by Crippen LogP contribution is 2.24. The lowest BCUT2D eigenvalue weighted by Crippen LogP contribution is -2.27. The quantitative estimate of drug-likeness (QED) is 0.780. The number of rotatable bonds is 4. The Morgan fingerprint density at radius 3 is 3.08 bits per heavy atom. The Labute approximate surface area is 90.3 Å². The normalized spacial score (nSPS) is 24.8. The molecule has 0 aromatic heterocycles. The SMILES string of the molecule is CC(=CCl)CNCC1CCCCS1. The molecule has 0 aliphatic carbocycles. The average Bonchev–Trinajstić information content (AvgIpc) is 2.19. The predicted octanol–water partition coefficient (Wildman–Crippen LogP) is 3.00. The van der Waals surface area contributed by atoms with Crippen LogP contribution >= 0.6 is 23.4 Å². The highest BCUT2D eigenvalue weighted by Gasteiger charge is 2.12. The van der Waals surface area contributed by atoms with E-state index in [1.54, 1.807) is 5.54 Å². The van der Waals surface area contributed by atoms with E-state index in [-0.39, 0.29) is 0 Å². The van der Waals surface area contributed by atoms with Crippen LogP contribution in [0.4, 0.5) is 0 Å². The molecule has 13 heavy (non-hydrogen) atoms. The topological polar surface area (TPSA) is 12.0 Å². The first-order valence-corrected chi connectivity index (χ1v) is 6.39. The van der Waals surface area contributed by atoms with Crippen LogP contribution in [0.25, 0.3) is 0 Å². The van der Waals surface area contributed by atoms with E-state index < -0.39 is 0 Å². The molecular formula is C10H18ClNS. The van der Waals surface area contributed by atoms with E-state index in [4.69, 9.17) is 11.6 Å². The number of thioether (sulfide) groups is 1. The van der Waals surface area contributed by atoms with Crippen molar-refractivity contribution in [3.8, 4) is 0 Å². The maximum atomic E-state index is 5.57. The second-order valence-corrected chi connectivity index (χ2v) is 5.20. The second kappa shape index (κ2) is 6.74. The Kier molecular flexibility index (Phi) is 5.92. The number of hydrogen-bond acceptors (Lipinski definition) is 2. The summed E-state index contributed by atoms with van der Waals surface area (Å²) in [4.78, 5) is 0. The summed E-state index contributed by atoms with van der Waals surface area (Å²) in [5.74, 6) is 1.34. The number of halogens is 1. The molecule has 0 spiro atoms. The van der Waals surface area contributed by atoms with Crippen molar-refractivity contribution in [3.63, 3.8) is 0 Å². The van der Waals surface area contributed by atoms with Crippen LogP contribution in [-0.4, -0.2) is 24.1 Å². The van der Waals surface area contributed by atoms with Crippen molar-refractivity contribution in [2.45, 2.75) is 31.4 Å². The fourth-order valence-electron chi connectivity index (χ4n) is 1.44. The standard InChI is InChI=1S/C10H18ClNS/c1-9(6-11)7-12-8-10-4-2-3-5-13-10/h6,10,12H,2-5,7-8H2,1H3. The lowest BCUT2D eigenvalue weighted by Gasteiger charge is -2.21. The first-order chi connectivity index (χ1) is 6.33. The first-order valence-electron chi connectivity index (χ1n) is 4.91. The monoisotopic (exact) mass is 219 g/mol. The van der Waals surface area contributed by atoms with Crippen molar-refractivity contribution in [2.75, 3.05) is 18.8 Å². The third-order valence-electron chi connectivity index (χ3n) is 2.24. The molecule has 1 nitrogen and oxygen atoms in total. The molecule has 0 amide bonds. The maximum absolute atomic E-state index is 5.57. The molecule has 76 valence electrons. The molecule has 1 rings (SSSR count). The minimum Gasteiger partial charge on any atom is -0.312 e. The fourth-order valence-corrected chi connectivity index (χ4v) is 2.79. The summed E-state index contributed by atoms with van der Waals surface area (Å²) in [6, 6.07) is 0. The first kappa shape index (κ1) is 11.4. The molecule has 1 fully saturated rings. The van der Waals surface area contributed by atoms with E-state index in [2.05, 4.69) is 17.1 Å². The number of hydrogen-bond donors (Lipinski definition) is 1. The van der Waals surface area contributed by atoms with Crippen molar-refractivity contribution in [2.24, 2.45) is 0 Å². The van der Waals surface area contributed by atoms with Crippen LogP contribution in [0.3, 0.4) is 0 Å². The molecular weight excluding hydrogens is 202 g/mol. The zero-order chi connectivity index (χ0) is 9.52. The third-order valence-corrected chi connectivity index (χ3v) is 4.01. The molecule has 0 radical (unpaired) electrons. The average molecular weight is 220 g/mol. The Balaban J connectivity index is 2.04. The van der Waals surface area contributed by atoms with Crippen molar-refractivity contribution in [1.82, 2.24) is 5.32 Å². The van der Waals surface area contributed by atoms with Gasteiger partial charge in [0.25, 0.3) is 0 Å². The van der Waals surface area contributed by atoms with Gasteiger partial charge in [-0.2, -0.15) is 11.8 Å². The Morgan fingerprint density at radius 1 is 1.62 bits per heavy atom. The molecule has 1 atom stereocenters. The zero-order valence-electron chi connectivity index (χ0n) is 8.18. The minimum absolute atomic E-state index is 0.830. The van der Waals surface area contributed by atoms with Crippen LogP contribution in [0.2, 0.25) is 0 Å². The van der Waals surface area contributed by atoms with E-state index in [0.717, 1.165) is 18.3 Å². The van der Waals surface area contributed by atoms with Gasteiger partial charge in [-0.25, -0.2) is 0 Å². The van der Waals surface area contributed by atoms with Gasteiger partial charge in [0.05, 0.1) is 0 Å². The summed E-state index contributed by atoms with van der Waals surface area (Å²) < 4.78 is 0. The molecule has 1 N–H and O–H groups in total. The minimum atomic E-state index is 0.830. The largest absolute Gasteiger partial charge is 0.312 e.